The number of rotatable bonds is 30. The Labute approximate surface area is 300 Å². The Balaban J connectivity index is 2.77. The molecule has 8 unspecified atom stereocenters. The monoisotopic (exact) mass is 737 g/mol. The Kier molecular flexibility index (Phi) is 26.2. The van der Waals surface area contributed by atoms with Crippen molar-refractivity contribution in [3.63, 3.8) is 0 Å². The molecule has 1 heterocycles. The van der Waals surface area contributed by atoms with Crippen LogP contribution in [0.1, 0.15) is 136 Å². The van der Waals surface area contributed by atoms with Gasteiger partial charge in [0.15, 0.2) is 6.29 Å². The third kappa shape index (κ3) is 21.2. The molecule has 0 aromatic carbocycles. The minimum atomic E-state index is -5.11. The van der Waals surface area contributed by atoms with Gasteiger partial charge in [0.1, 0.15) is 30.5 Å². The normalized spacial score (nSPS) is 23.4. The molecule has 1 aliphatic rings. The molecule has 1 fully saturated rings. The molecule has 8 atom stereocenters. The van der Waals surface area contributed by atoms with Gasteiger partial charge in [-0.15, -0.1) is 0 Å². The van der Waals surface area contributed by atoms with Crippen LogP contribution in [0.25, 0.3) is 0 Å². The molecule has 1 amide bonds. The Morgan fingerprint density at radius 1 is 0.800 bits per heavy atom. The zero-order chi connectivity index (χ0) is 37.2. The van der Waals surface area contributed by atoms with Crippen LogP contribution in [0.15, 0.2) is 24.3 Å². The molecule has 7 N–H and O–H groups in total. The van der Waals surface area contributed by atoms with E-state index in [1.807, 2.05) is 0 Å². The van der Waals surface area contributed by atoms with E-state index in [1.165, 1.54) is 70.3 Å². The first-order valence-corrected chi connectivity index (χ1v) is 20.2. The number of hydrogen-bond donors (Lipinski definition) is 7. The van der Waals surface area contributed by atoms with Crippen molar-refractivity contribution in [1.29, 1.82) is 0 Å². The van der Waals surface area contributed by atoms with E-state index in [4.69, 9.17) is 14.0 Å². The van der Waals surface area contributed by atoms with E-state index in [-0.39, 0.29) is 6.42 Å². The summed E-state index contributed by atoms with van der Waals surface area (Å²) in [5.41, 5.74) is 0. The van der Waals surface area contributed by atoms with Crippen LogP contribution >= 0.6 is 0 Å². The number of amides is 1. The van der Waals surface area contributed by atoms with Crippen molar-refractivity contribution >= 4 is 16.3 Å². The minimum Gasteiger partial charge on any atom is -0.394 e. The molecule has 13 nitrogen and oxygen atoms in total. The van der Waals surface area contributed by atoms with Crippen molar-refractivity contribution in [3.05, 3.63) is 24.3 Å². The molecule has 0 bridgehead atoms. The molecule has 0 aliphatic carbocycles. The Morgan fingerprint density at radius 2 is 1.34 bits per heavy atom. The summed E-state index contributed by atoms with van der Waals surface area (Å²) >= 11 is 0. The second-order valence-electron chi connectivity index (χ2n) is 13.3. The van der Waals surface area contributed by atoms with Crippen molar-refractivity contribution in [2.75, 3.05) is 13.2 Å². The first kappa shape index (κ1) is 46.6. The maximum absolute atomic E-state index is 13.0. The second kappa shape index (κ2) is 28.1. The Bertz CT molecular complexity index is 1030. The van der Waals surface area contributed by atoms with Crippen LogP contribution in [-0.2, 0) is 28.9 Å². The third-order valence-corrected chi connectivity index (χ3v) is 9.31. The molecule has 0 aromatic rings. The molecule has 0 radical (unpaired) electrons. The number of ether oxygens (including phenoxy) is 2. The minimum absolute atomic E-state index is 0.238. The van der Waals surface area contributed by atoms with E-state index in [2.05, 4.69) is 35.5 Å². The van der Waals surface area contributed by atoms with Crippen LogP contribution in [0.4, 0.5) is 0 Å². The first-order chi connectivity index (χ1) is 23.9. The van der Waals surface area contributed by atoms with Gasteiger partial charge in [-0.3, -0.25) is 9.35 Å². The first-order valence-electron chi connectivity index (χ1n) is 18.8. The van der Waals surface area contributed by atoms with Gasteiger partial charge in [0.25, 0.3) is 0 Å². The average molecular weight is 738 g/mol. The predicted molar refractivity (Wildman–Crippen MR) is 191 cm³/mol. The SMILES string of the molecule is CCCCCCC/C=C/CC/C=C/C(O)C(COC1OC(CO)C(O)C(OS(=O)(=O)O)C1O)NC(=O)C(O)CCCCCCCCCCCC. The van der Waals surface area contributed by atoms with Crippen molar-refractivity contribution in [1.82, 2.24) is 5.32 Å². The highest BCUT2D eigenvalue weighted by Crippen LogP contribution is 2.26. The summed E-state index contributed by atoms with van der Waals surface area (Å²) in [4.78, 5) is 13.0. The fourth-order valence-corrected chi connectivity index (χ4v) is 6.28. The lowest BCUT2D eigenvalue weighted by atomic mass is 9.99. The highest BCUT2D eigenvalue weighted by molar-refractivity contribution is 7.80. The number of allylic oxidation sites excluding steroid dienone is 3. The summed E-state index contributed by atoms with van der Waals surface area (Å²) in [5.74, 6) is -0.717. The number of hydrogen-bond acceptors (Lipinski definition) is 11. The fourth-order valence-electron chi connectivity index (χ4n) is 5.77. The number of carbonyl (C=O) groups excluding carboxylic acids is 1. The zero-order valence-corrected chi connectivity index (χ0v) is 31.1. The second-order valence-corrected chi connectivity index (χ2v) is 14.3. The number of aliphatic hydroxyl groups is 5. The van der Waals surface area contributed by atoms with E-state index in [9.17, 15) is 38.7 Å². The van der Waals surface area contributed by atoms with Crippen molar-refractivity contribution < 1.29 is 57.0 Å². The summed E-state index contributed by atoms with van der Waals surface area (Å²) < 4.78 is 47.1. The number of aliphatic hydroxyl groups excluding tert-OH is 5. The van der Waals surface area contributed by atoms with Gasteiger partial charge < -0.3 is 40.3 Å². The van der Waals surface area contributed by atoms with Gasteiger partial charge >= 0.3 is 10.4 Å². The van der Waals surface area contributed by atoms with Gasteiger partial charge in [-0.2, -0.15) is 8.42 Å². The molecular weight excluding hydrogens is 670 g/mol. The van der Waals surface area contributed by atoms with Gasteiger partial charge in [0, 0.05) is 0 Å². The van der Waals surface area contributed by atoms with Crippen LogP contribution in [0, 0.1) is 0 Å². The molecule has 1 saturated heterocycles. The Morgan fingerprint density at radius 3 is 1.92 bits per heavy atom. The maximum atomic E-state index is 13.0. The Hall–Kier alpha value is -1.46. The average Bonchev–Trinajstić information content (AvgIpc) is 3.08. The highest BCUT2D eigenvalue weighted by atomic mass is 32.3. The van der Waals surface area contributed by atoms with Crippen LogP contribution in [0.3, 0.4) is 0 Å². The van der Waals surface area contributed by atoms with E-state index in [1.54, 1.807) is 6.08 Å². The van der Waals surface area contributed by atoms with Gasteiger partial charge in [0.05, 0.1) is 25.4 Å². The lowest BCUT2D eigenvalue weighted by Gasteiger charge is -2.41. The van der Waals surface area contributed by atoms with Gasteiger partial charge in [0.2, 0.25) is 5.91 Å². The number of nitrogens with one attached hydrogen (secondary N) is 1. The standard InChI is InChI=1S/C36H67NO12S/c1-3-5-7-9-11-13-15-17-18-20-22-24-29(39)28(37-35(43)30(40)25-23-21-19-16-14-12-10-8-6-4-2)27-47-36-33(42)34(49-50(44,45)46)32(41)31(26-38)48-36/h15,17,22,24,28-34,36,38-42H,3-14,16,18-21,23,25-27H2,1-2H3,(H,37,43)(H,44,45,46)/b17-15+,24-22+. The molecular formula is C36H67NO12S. The van der Waals surface area contributed by atoms with Crippen molar-refractivity contribution in [2.24, 2.45) is 0 Å². The van der Waals surface area contributed by atoms with Crippen molar-refractivity contribution in [3.8, 4) is 0 Å². The fraction of sp³-hybridized carbons (Fsp3) is 0.861. The predicted octanol–water partition coefficient (Wildman–Crippen LogP) is 4.40. The molecule has 14 heteroatoms. The molecule has 1 rings (SSSR count). The molecule has 0 aromatic heterocycles. The number of carbonyl (C=O) groups is 1. The molecule has 294 valence electrons. The van der Waals surface area contributed by atoms with E-state index >= 15 is 0 Å². The van der Waals surface area contributed by atoms with Crippen LogP contribution in [-0.4, -0.2) is 107 Å². The smallest absolute Gasteiger partial charge is 0.394 e. The molecule has 1 aliphatic heterocycles. The van der Waals surface area contributed by atoms with Gasteiger partial charge in [-0.25, -0.2) is 4.18 Å². The van der Waals surface area contributed by atoms with E-state index < -0.39 is 78.5 Å². The lowest BCUT2D eigenvalue weighted by molar-refractivity contribution is -0.298. The summed E-state index contributed by atoms with van der Waals surface area (Å²) in [6.45, 7) is 3.10. The van der Waals surface area contributed by atoms with Crippen LogP contribution < -0.4 is 5.32 Å². The van der Waals surface area contributed by atoms with E-state index in [0.717, 1.165) is 38.5 Å². The largest absolute Gasteiger partial charge is 0.397 e. The van der Waals surface area contributed by atoms with Crippen molar-refractivity contribution in [2.45, 2.75) is 185 Å². The molecule has 50 heavy (non-hydrogen) atoms. The van der Waals surface area contributed by atoms with Crippen LogP contribution in [0.2, 0.25) is 0 Å². The van der Waals surface area contributed by atoms with E-state index in [0.29, 0.717) is 12.8 Å². The topological polar surface area (TPSA) is 212 Å². The lowest BCUT2D eigenvalue weighted by Crippen LogP contribution is -2.61. The third-order valence-electron chi connectivity index (χ3n) is 8.84. The quantitative estimate of drug-likeness (QED) is 0.0311. The molecule has 0 spiro atoms. The zero-order valence-electron chi connectivity index (χ0n) is 30.3. The molecule has 0 saturated carbocycles. The van der Waals surface area contributed by atoms with Gasteiger partial charge in [-0.1, -0.05) is 128 Å². The summed E-state index contributed by atoms with van der Waals surface area (Å²) in [6.07, 6.45) is 15.8. The summed E-state index contributed by atoms with van der Waals surface area (Å²) in [7, 11) is -5.11. The van der Waals surface area contributed by atoms with Gasteiger partial charge in [-0.05, 0) is 32.1 Å². The number of unbranched alkanes of at least 4 members (excludes halogenated alkanes) is 15. The highest BCUT2D eigenvalue weighted by Gasteiger charge is 2.48. The summed E-state index contributed by atoms with van der Waals surface area (Å²) in [6, 6.07) is -1.13. The van der Waals surface area contributed by atoms with Crippen LogP contribution in [0.5, 0.6) is 0 Å². The summed E-state index contributed by atoms with van der Waals surface area (Å²) in [5, 5.41) is 54.7. The maximum Gasteiger partial charge on any atom is 0.397 e.